The second kappa shape index (κ2) is 6.95. The predicted molar refractivity (Wildman–Crippen MR) is 99.9 cm³/mol. The van der Waals surface area contributed by atoms with Crippen molar-refractivity contribution in [3.63, 3.8) is 0 Å². The summed E-state index contributed by atoms with van der Waals surface area (Å²) in [4.78, 5) is 28.9. The molecule has 0 aliphatic carbocycles. The molecular formula is C19H21BrFNO4. The van der Waals surface area contributed by atoms with Crippen molar-refractivity contribution in [2.75, 3.05) is 0 Å². The van der Waals surface area contributed by atoms with Gasteiger partial charge in [-0.25, -0.2) is 9.18 Å². The standard InChI is InChI=1S/C19H21BrFNO4/c1-5-18(17(25)26)11(4)22-10(3)15(16(23)24)19(18,6-2)13-8-7-12(20)9-14(13)21/h7-9H,5-6H2,1-4H3,(H,23,24)(H,25,26). The minimum Gasteiger partial charge on any atom is -0.481 e. The van der Waals surface area contributed by atoms with E-state index < -0.39 is 28.6 Å². The normalized spacial score (nSPS) is 25.8. The van der Waals surface area contributed by atoms with Crippen LogP contribution in [0, 0.1) is 11.2 Å². The minimum absolute atomic E-state index is 0.0541. The van der Waals surface area contributed by atoms with Crippen LogP contribution in [0.25, 0.3) is 0 Å². The van der Waals surface area contributed by atoms with Gasteiger partial charge in [0.15, 0.2) is 0 Å². The highest BCUT2D eigenvalue weighted by Gasteiger charge is 2.63. The Morgan fingerprint density at radius 2 is 1.81 bits per heavy atom. The maximum atomic E-state index is 15.0. The van der Waals surface area contributed by atoms with Gasteiger partial charge in [0.25, 0.3) is 0 Å². The third kappa shape index (κ3) is 2.52. The lowest BCUT2D eigenvalue weighted by Crippen LogP contribution is -2.59. The Morgan fingerprint density at radius 1 is 1.19 bits per heavy atom. The molecule has 26 heavy (non-hydrogen) atoms. The molecule has 7 heteroatoms. The number of carbonyl (C=O) groups is 2. The summed E-state index contributed by atoms with van der Waals surface area (Å²) in [6, 6.07) is 4.28. The van der Waals surface area contributed by atoms with Gasteiger partial charge in [0, 0.05) is 21.4 Å². The average molecular weight is 426 g/mol. The number of rotatable bonds is 5. The van der Waals surface area contributed by atoms with Crippen LogP contribution in [-0.4, -0.2) is 27.9 Å². The van der Waals surface area contributed by atoms with Crippen molar-refractivity contribution in [2.24, 2.45) is 10.4 Å². The maximum Gasteiger partial charge on any atom is 0.334 e. The van der Waals surface area contributed by atoms with Crippen LogP contribution < -0.4 is 0 Å². The zero-order valence-corrected chi connectivity index (χ0v) is 16.6. The molecule has 0 saturated carbocycles. The summed E-state index contributed by atoms with van der Waals surface area (Å²) < 4.78 is 15.5. The number of aliphatic imine (C=N–C) groups is 1. The maximum absolute atomic E-state index is 15.0. The average Bonchev–Trinajstić information content (AvgIpc) is 2.53. The third-order valence-corrected chi connectivity index (χ3v) is 5.99. The first kappa shape index (κ1) is 20.3. The molecule has 1 heterocycles. The molecule has 5 nitrogen and oxygen atoms in total. The van der Waals surface area contributed by atoms with E-state index in [1.807, 2.05) is 0 Å². The van der Waals surface area contributed by atoms with Crippen molar-refractivity contribution < 1.29 is 24.2 Å². The zero-order chi connectivity index (χ0) is 19.9. The van der Waals surface area contributed by atoms with E-state index in [-0.39, 0.29) is 35.4 Å². The Hall–Kier alpha value is -2.02. The number of hydrogen-bond donors (Lipinski definition) is 2. The van der Waals surface area contributed by atoms with Gasteiger partial charge in [0.05, 0.1) is 11.0 Å². The highest BCUT2D eigenvalue weighted by atomic mass is 79.9. The Kier molecular flexibility index (Phi) is 5.42. The zero-order valence-electron chi connectivity index (χ0n) is 15.1. The summed E-state index contributed by atoms with van der Waals surface area (Å²) in [6.45, 7) is 6.44. The van der Waals surface area contributed by atoms with E-state index in [1.165, 1.54) is 19.1 Å². The molecule has 2 rings (SSSR count). The first-order valence-corrected chi connectivity index (χ1v) is 9.08. The van der Waals surface area contributed by atoms with Gasteiger partial charge in [-0.3, -0.25) is 9.79 Å². The molecule has 1 aromatic carbocycles. The van der Waals surface area contributed by atoms with E-state index in [9.17, 15) is 19.8 Å². The van der Waals surface area contributed by atoms with Gasteiger partial charge in [0.2, 0.25) is 0 Å². The highest BCUT2D eigenvalue weighted by Crippen LogP contribution is 2.57. The molecule has 0 saturated heterocycles. The first-order valence-electron chi connectivity index (χ1n) is 8.29. The van der Waals surface area contributed by atoms with Crippen LogP contribution >= 0.6 is 15.9 Å². The summed E-state index contributed by atoms with van der Waals surface area (Å²) in [7, 11) is 0. The second-order valence-corrected chi connectivity index (χ2v) is 7.33. The van der Waals surface area contributed by atoms with E-state index >= 15 is 4.39 Å². The van der Waals surface area contributed by atoms with Crippen molar-refractivity contribution in [3.05, 3.63) is 45.3 Å². The van der Waals surface area contributed by atoms with Crippen molar-refractivity contribution in [3.8, 4) is 0 Å². The van der Waals surface area contributed by atoms with Gasteiger partial charge in [0.1, 0.15) is 11.2 Å². The molecule has 0 spiro atoms. The van der Waals surface area contributed by atoms with Crippen molar-refractivity contribution >= 4 is 33.6 Å². The topological polar surface area (TPSA) is 87.0 Å². The molecule has 0 amide bonds. The minimum atomic E-state index is -1.66. The first-order chi connectivity index (χ1) is 12.1. The van der Waals surface area contributed by atoms with Crippen LogP contribution in [0.2, 0.25) is 0 Å². The Labute approximate surface area is 159 Å². The largest absolute Gasteiger partial charge is 0.481 e. The monoisotopic (exact) mass is 425 g/mol. The van der Waals surface area contributed by atoms with E-state index in [1.54, 1.807) is 26.8 Å². The van der Waals surface area contributed by atoms with E-state index in [2.05, 4.69) is 20.9 Å². The molecule has 1 aromatic rings. The number of carboxylic acid groups (broad SMARTS) is 2. The fourth-order valence-electron chi connectivity index (χ4n) is 4.49. The van der Waals surface area contributed by atoms with Crippen molar-refractivity contribution in [1.29, 1.82) is 0 Å². The lowest BCUT2D eigenvalue weighted by Gasteiger charge is -2.50. The molecule has 2 unspecified atom stereocenters. The van der Waals surface area contributed by atoms with Crippen LogP contribution in [0.1, 0.15) is 46.1 Å². The van der Waals surface area contributed by atoms with E-state index in [4.69, 9.17) is 0 Å². The lowest BCUT2D eigenvalue weighted by atomic mass is 9.50. The van der Waals surface area contributed by atoms with Crippen LogP contribution in [0.3, 0.4) is 0 Å². The van der Waals surface area contributed by atoms with Gasteiger partial charge in [-0.1, -0.05) is 35.8 Å². The third-order valence-electron chi connectivity index (χ3n) is 5.50. The second-order valence-electron chi connectivity index (χ2n) is 6.41. The van der Waals surface area contributed by atoms with Crippen molar-refractivity contribution in [2.45, 2.75) is 46.0 Å². The molecule has 1 aliphatic heterocycles. The van der Waals surface area contributed by atoms with Gasteiger partial charge >= 0.3 is 11.9 Å². The molecule has 0 fully saturated rings. The van der Waals surface area contributed by atoms with Gasteiger partial charge in [-0.15, -0.1) is 0 Å². The quantitative estimate of drug-likeness (QED) is 0.723. The number of carboxylic acids is 2. The predicted octanol–water partition coefficient (Wildman–Crippen LogP) is 4.55. The number of aliphatic carboxylic acids is 2. The molecule has 0 radical (unpaired) electrons. The molecule has 0 aromatic heterocycles. The summed E-state index contributed by atoms with van der Waals surface area (Å²) in [5.74, 6) is -3.15. The van der Waals surface area contributed by atoms with Gasteiger partial charge in [-0.05, 0) is 38.8 Å². The number of halogens is 2. The molecule has 2 N–H and O–H groups in total. The summed E-state index contributed by atoms with van der Waals surface area (Å²) in [6.07, 6.45) is 0.169. The Morgan fingerprint density at radius 3 is 2.23 bits per heavy atom. The van der Waals surface area contributed by atoms with Crippen LogP contribution in [0.5, 0.6) is 0 Å². The molecular weight excluding hydrogens is 405 g/mol. The van der Waals surface area contributed by atoms with Crippen LogP contribution in [0.4, 0.5) is 4.39 Å². The highest BCUT2D eigenvalue weighted by molar-refractivity contribution is 9.10. The summed E-state index contributed by atoms with van der Waals surface area (Å²) >= 11 is 3.19. The summed E-state index contributed by atoms with van der Waals surface area (Å²) in [5.41, 5.74) is -2.89. The van der Waals surface area contributed by atoms with Crippen LogP contribution in [-0.2, 0) is 15.0 Å². The Balaban J connectivity index is 3.10. The number of allylic oxidation sites excluding steroid dienone is 1. The fraction of sp³-hybridized carbons (Fsp3) is 0.421. The number of nitrogens with zero attached hydrogens (tertiary/aromatic N) is 1. The SMILES string of the molecule is CCC1(C(=O)O)C(C)=NC(C)=C(C(=O)O)C1(CC)c1ccc(Br)cc1F. The smallest absolute Gasteiger partial charge is 0.334 e. The van der Waals surface area contributed by atoms with Crippen LogP contribution in [0.15, 0.2) is 38.9 Å². The molecule has 0 bridgehead atoms. The van der Waals surface area contributed by atoms with E-state index in [0.29, 0.717) is 4.47 Å². The molecule has 2 atom stereocenters. The Bertz CT molecular complexity index is 848. The van der Waals surface area contributed by atoms with Gasteiger partial charge < -0.3 is 10.2 Å². The summed E-state index contributed by atoms with van der Waals surface area (Å²) in [5, 5.41) is 20.1. The fourth-order valence-corrected chi connectivity index (χ4v) is 4.82. The lowest BCUT2D eigenvalue weighted by molar-refractivity contribution is -0.149. The van der Waals surface area contributed by atoms with Gasteiger partial charge in [-0.2, -0.15) is 0 Å². The molecule has 1 aliphatic rings. The number of hydrogen-bond acceptors (Lipinski definition) is 3. The van der Waals surface area contributed by atoms with E-state index in [0.717, 1.165) is 0 Å². The van der Waals surface area contributed by atoms with Crippen molar-refractivity contribution in [1.82, 2.24) is 0 Å². The molecule has 140 valence electrons. The number of benzene rings is 1.